The number of aryl methyl sites for hydroxylation is 2. The van der Waals surface area contributed by atoms with Crippen LogP contribution in [0.15, 0.2) is 77.9 Å². The molecule has 0 aliphatic heterocycles. The molecule has 3 aromatic rings. The first-order valence-electron chi connectivity index (χ1n) is 9.33. The fourth-order valence-electron chi connectivity index (χ4n) is 2.79. The maximum Gasteiger partial charge on any atom is 0.271 e. The van der Waals surface area contributed by atoms with Crippen molar-refractivity contribution in [3.63, 3.8) is 0 Å². The minimum atomic E-state index is -0.312. The standard InChI is InChI=1S/C24H23N3O2/c1-16-8-10-19(11-9-16)18(3)26-27-23(28)20-12-14-21(15-13-20)25-24(29)22-7-5-4-6-17(22)2/h4-15H,1-3H3,(H,25,29)(H,27,28)/b26-18+. The van der Waals surface area contributed by atoms with Crippen molar-refractivity contribution in [3.05, 3.63) is 101 Å². The Morgan fingerprint density at radius 1 is 0.759 bits per heavy atom. The molecule has 0 heterocycles. The van der Waals surface area contributed by atoms with Gasteiger partial charge in [-0.3, -0.25) is 9.59 Å². The van der Waals surface area contributed by atoms with E-state index in [0.717, 1.165) is 16.8 Å². The zero-order chi connectivity index (χ0) is 20.8. The van der Waals surface area contributed by atoms with Crippen molar-refractivity contribution in [2.45, 2.75) is 20.8 Å². The number of carbonyl (C=O) groups is 2. The number of amides is 2. The van der Waals surface area contributed by atoms with Gasteiger partial charge in [-0.25, -0.2) is 5.43 Å². The number of anilines is 1. The predicted octanol–water partition coefficient (Wildman–Crippen LogP) is 4.71. The Bertz CT molecular complexity index is 1050. The van der Waals surface area contributed by atoms with Crippen molar-refractivity contribution in [2.24, 2.45) is 5.10 Å². The summed E-state index contributed by atoms with van der Waals surface area (Å²) in [6.45, 7) is 5.75. The van der Waals surface area contributed by atoms with Crippen LogP contribution in [0.2, 0.25) is 0 Å². The van der Waals surface area contributed by atoms with Crippen molar-refractivity contribution < 1.29 is 9.59 Å². The number of nitrogens with zero attached hydrogens (tertiary/aromatic N) is 1. The third-order valence-electron chi connectivity index (χ3n) is 4.59. The van der Waals surface area contributed by atoms with E-state index in [2.05, 4.69) is 15.8 Å². The maximum atomic E-state index is 12.4. The summed E-state index contributed by atoms with van der Waals surface area (Å²) in [6, 6.07) is 22.0. The van der Waals surface area contributed by atoms with Crippen LogP contribution in [0.3, 0.4) is 0 Å². The highest BCUT2D eigenvalue weighted by Crippen LogP contribution is 2.14. The van der Waals surface area contributed by atoms with Gasteiger partial charge in [0.05, 0.1) is 5.71 Å². The molecule has 0 aliphatic rings. The second kappa shape index (κ2) is 8.97. The Labute approximate surface area is 170 Å². The molecule has 0 aromatic heterocycles. The summed E-state index contributed by atoms with van der Waals surface area (Å²) in [5, 5.41) is 7.01. The highest BCUT2D eigenvalue weighted by Gasteiger charge is 2.10. The Morgan fingerprint density at radius 2 is 1.38 bits per heavy atom. The molecule has 5 heteroatoms. The van der Waals surface area contributed by atoms with Gasteiger partial charge in [-0.2, -0.15) is 5.10 Å². The molecule has 2 amide bonds. The summed E-state index contributed by atoms with van der Waals surface area (Å²) in [5.41, 5.74) is 8.01. The van der Waals surface area contributed by atoms with Crippen LogP contribution in [-0.2, 0) is 0 Å². The maximum absolute atomic E-state index is 12.4. The van der Waals surface area contributed by atoms with Crippen LogP contribution < -0.4 is 10.7 Å². The van der Waals surface area contributed by atoms with Gasteiger partial charge in [0.1, 0.15) is 0 Å². The van der Waals surface area contributed by atoms with Crippen molar-refractivity contribution in [2.75, 3.05) is 5.32 Å². The van der Waals surface area contributed by atoms with E-state index in [9.17, 15) is 9.59 Å². The van der Waals surface area contributed by atoms with Crippen LogP contribution in [-0.4, -0.2) is 17.5 Å². The van der Waals surface area contributed by atoms with Crippen molar-refractivity contribution in [1.82, 2.24) is 5.43 Å². The number of hydrogen-bond donors (Lipinski definition) is 2. The van der Waals surface area contributed by atoms with E-state index in [1.54, 1.807) is 30.3 Å². The molecule has 0 radical (unpaired) electrons. The normalized spacial score (nSPS) is 11.1. The fraction of sp³-hybridized carbons (Fsp3) is 0.125. The van der Waals surface area contributed by atoms with Gasteiger partial charge in [-0.15, -0.1) is 0 Å². The second-order valence-electron chi connectivity index (χ2n) is 6.85. The summed E-state index contributed by atoms with van der Waals surface area (Å²) in [4.78, 5) is 24.7. The molecule has 5 nitrogen and oxygen atoms in total. The van der Waals surface area contributed by atoms with Gasteiger partial charge in [-0.1, -0.05) is 48.0 Å². The van der Waals surface area contributed by atoms with Gasteiger partial charge in [0, 0.05) is 16.8 Å². The van der Waals surface area contributed by atoms with Crippen LogP contribution in [0, 0.1) is 13.8 Å². The van der Waals surface area contributed by atoms with E-state index in [1.807, 2.05) is 63.2 Å². The molecule has 0 saturated carbocycles. The Kier molecular flexibility index (Phi) is 6.19. The van der Waals surface area contributed by atoms with Crippen molar-refractivity contribution in [1.29, 1.82) is 0 Å². The van der Waals surface area contributed by atoms with E-state index >= 15 is 0 Å². The van der Waals surface area contributed by atoms with E-state index in [1.165, 1.54) is 5.56 Å². The molecule has 146 valence electrons. The molecule has 2 N–H and O–H groups in total. The summed E-state index contributed by atoms with van der Waals surface area (Å²) < 4.78 is 0. The van der Waals surface area contributed by atoms with E-state index in [4.69, 9.17) is 0 Å². The second-order valence-corrected chi connectivity index (χ2v) is 6.85. The highest BCUT2D eigenvalue weighted by molar-refractivity contribution is 6.05. The average molecular weight is 385 g/mol. The number of rotatable bonds is 5. The first kappa shape index (κ1) is 20.0. The van der Waals surface area contributed by atoms with E-state index in [-0.39, 0.29) is 11.8 Å². The third kappa shape index (κ3) is 5.17. The lowest BCUT2D eigenvalue weighted by Gasteiger charge is -2.08. The van der Waals surface area contributed by atoms with Crippen LogP contribution in [0.1, 0.15) is 44.3 Å². The van der Waals surface area contributed by atoms with Crippen molar-refractivity contribution >= 4 is 23.2 Å². The molecule has 3 aromatic carbocycles. The number of benzene rings is 3. The lowest BCUT2D eigenvalue weighted by Crippen LogP contribution is -2.19. The Balaban J connectivity index is 1.63. The predicted molar refractivity (Wildman–Crippen MR) is 116 cm³/mol. The van der Waals surface area contributed by atoms with Crippen LogP contribution in [0.5, 0.6) is 0 Å². The molecule has 0 spiro atoms. The fourth-order valence-corrected chi connectivity index (χ4v) is 2.79. The lowest BCUT2D eigenvalue weighted by atomic mass is 10.1. The average Bonchev–Trinajstić information content (AvgIpc) is 2.73. The van der Waals surface area contributed by atoms with Gasteiger partial charge in [-0.05, 0) is 62.2 Å². The number of carbonyl (C=O) groups excluding carboxylic acids is 2. The highest BCUT2D eigenvalue weighted by atomic mass is 16.2. The molecule has 29 heavy (non-hydrogen) atoms. The van der Waals surface area contributed by atoms with Gasteiger partial charge >= 0.3 is 0 Å². The first-order chi connectivity index (χ1) is 13.9. The summed E-state index contributed by atoms with van der Waals surface area (Å²) in [5.74, 6) is -0.494. The lowest BCUT2D eigenvalue weighted by molar-refractivity contribution is 0.0954. The van der Waals surface area contributed by atoms with Gasteiger partial charge in [0.2, 0.25) is 0 Å². The smallest absolute Gasteiger partial charge is 0.271 e. The van der Waals surface area contributed by atoms with Crippen LogP contribution in [0.4, 0.5) is 5.69 Å². The van der Waals surface area contributed by atoms with Gasteiger partial charge in [0.15, 0.2) is 0 Å². The molecule has 0 aliphatic carbocycles. The first-order valence-corrected chi connectivity index (χ1v) is 9.33. The molecule has 0 unspecified atom stereocenters. The zero-order valence-electron chi connectivity index (χ0n) is 16.7. The number of nitrogens with one attached hydrogen (secondary N) is 2. The Morgan fingerprint density at radius 3 is 2.03 bits per heavy atom. The molecule has 0 atom stereocenters. The van der Waals surface area contributed by atoms with Gasteiger partial charge in [0.25, 0.3) is 11.8 Å². The zero-order valence-corrected chi connectivity index (χ0v) is 16.7. The minimum absolute atomic E-state index is 0.182. The topological polar surface area (TPSA) is 70.6 Å². The Hall–Kier alpha value is -3.73. The van der Waals surface area contributed by atoms with Crippen molar-refractivity contribution in [3.8, 4) is 0 Å². The van der Waals surface area contributed by atoms with Gasteiger partial charge < -0.3 is 5.32 Å². The largest absolute Gasteiger partial charge is 0.322 e. The molecule has 0 bridgehead atoms. The van der Waals surface area contributed by atoms with Crippen LogP contribution >= 0.6 is 0 Å². The van der Waals surface area contributed by atoms with Crippen LogP contribution in [0.25, 0.3) is 0 Å². The van der Waals surface area contributed by atoms with E-state index < -0.39 is 0 Å². The monoisotopic (exact) mass is 385 g/mol. The summed E-state index contributed by atoms with van der Waals surface area (Å²) in [7, 11) is 0. The number of hydrogen-bond acceptors (Lipinski definition) is 3. The van der Waals surface area contributed by atoms with E-state index in [0.29, 0.717) is 16.8 Å². The SMILES string of the molecule is C/C(=N\NC(=O)c1ccc(NC(=O)c2ccccc2C)cc1)c1ccc(C)cc1. The summed E-state index contributed by atoms with van der Waals surface area (Å²) in [6.07, 6.45) is 0. The quantitative estimate of drug-likeness (QED) is 0.493. The molecule has 0 saturated heterocycles. The molecule has 0 fully saturated rings. The number of hydrazone groups is 1. The molecule has 3 rings (SSSR count). The molecular formula is C24H23N3O2. The third-order valence-corrected chi connectivity index (χ3v) is 4.59. The minimum Gasteiger partial charge on any atom is -0.322 e. The summed E-state index contributed by atoms with van der Waals surface area (Å²) >= 11 is 0. The molecular weight excluding hydrogens is 362 g/mol.